The van der Waals surface area contributed by atoms with Gasteiger partial charge in [0.05, 0.1) is 40.6 Å². The molecule has 0 spiro atoms. The minimum Gasteiger partial charge on any atom is -0.448 e. The summed E-state index contributed by atoms with van der Waals surface area (Å²) in [4.78, 5) is 32.6. The standard InChI is InChI=1S/C22H28F3N5O4S/c1-26-20(31)15-12-35-19-16(22(23,24)25)9-17(28-18(15)19)30-5-3-13(4-6-30)27-21(32)34-11-14-10-33-8-7-29(14)2/h9,12-14H,3-8,10-11H2,1-2H3,(H,26,31)(H,27,32). The quantitative estimate of drug-likeness (QED) is 0.632. The summed E-state index contributed by atoms with van der Waals surface area (Å²) in [5.41, 5.74) is -0.647. The lowest BCUT2D eigenvalue weighted by Gasteiger charge is -2.34. The smallest absolute Gasteiger partial charge is 0.417 e. The molecule has 0 aromatic carbocycles. The molecule has 0 aliphatic carbocycles. The molecule has 192 valence electrons. The van der Waals surface area contributed by atoms with Crippen LogP contribution in [0.4, 0.5) is 23.8 Å². The van der Waals surface area contributed by atoms with Crippen molar-refractivity contribution < 1.29 is 32.2 Å². The van der Waals surface area contributed by atoms with Crippen LogP contribution in [-0.2, 0) is 15.7 Å². The normalized spacial score (nSPS) is 20.1. The molecule has 4 rings (SSSR count). The number of hydrogen-bond acceptors (Lipinski definition) is 8. The Kier molecular flexibility index (Phi) is 7.67. The van der Waals surface area contributed by atoms with Crippen LogP contribution in [0.25, 0.3) is 10.2 Å². The first-order chi connectivity index (χ1) is 16.7. The van der Waals surface area contributed by atoms with Gasteiger partial charge in [-0.15, -0.1) is 11.3 Å². The second-order valence-electron chi connectivity index (χ2n) is 8.65. The fourth-order valence-electron chi connectivity index (χ4n) is 4.21. The molecule has 2 aromatic rings. The lowest BCUT2D eigenvalue weighted by Crippen LogP contribution is -2.48. The third-order valence-corrected chi connectivity index (χ3v) is 7.36. The Morgan fingerprint density at radius 1 is 1.29 bits per heavy atom. The largest absolute Gasteiger partial charge is 0.448 e. The average molecular weight is 516 g/mol. The Morgan fingerprint density at radius 3 is 2.69 bits per heavy atom. The van der Waals surface area contributed by atoms with Gasteiger partial charge >= 0.3 is 12.3 Å². The molecule has 2 aliphatic heterocycles. The molecule has 2 N–H and O–H groups in total. The van der Waals surface area contributed by atoms with Crippen molar-refractivity contribution >= 4 is 39.4 Å². The number of likely N-dealkylation sites (N-methyl/N-ethyl adjacent to an activating group) is 1. The van der Waals surface area contributed by atoms with E-state index in [1.165, 1.54) is 12.4 Å². The molecule has 0 saturated carbocycles. The number of halogens is 3. The van der Waals surface area contributed by atoms with Crippen LogP contribution in [0.5, 0.6) is 0 Å². The van der Waals surface area contributed by atoms with Crippen LogP contribution >= 0.6 is 11.3 Å². The highest BCUT2D eigenvalue weighted by Gasteiger charge is 2.36. The molecule has 2 aliphatic rings. The van der Waals surface area contributed by atoms with Crippen LogP contribution in [0, 0.1) is 0 Å². The van der Waals surface area contributed by atoms with Crippen LogP contribution in [0.3, 0.4) is 0 Å². The van der Waals surface area contributed by atoms with Crippen LogP contribution in [-0.4, -0.2) is 87.5 Å². The number of carbonyl (C=O) groups is 2. The second kappa shape index (κ2) is 10.5. The molecule has 1 unspecified atom stereocenters. The number of rotatable bonds is 5. The molecule has 2 fully saturated rings. The number of piperidine rings is 1. The Morgan fingerprint density at radius 2 is 2.03 bits per heavy atom. The van der Waals surface area contributed by atoms with Gasteiger partial charge in [0.1, 0.15) is 12.4 Å². The maximum absolute atomic E-state index is 13.8. The van der Waals surface area contributed by atoms with Gasteiger partial charge in [0.2, 0.25) is 0 Å². The topological polar surface area (TPSA) is 96.0 Å². The summed E-state index contributed by atoms with van der Waals surface area (Å²) in [7, 11) is 3.37. The van der Waals surface area contributed by atoms with Gasteiger partial charge in [0, 0.05) is 38.1 Å². The Hall–Kier alpha value is -2.64. The van der Waals surface area contributed by atoms with Crippen molar-refractivity contribution in [3.05, 3.63) is 22.6 Å². The van der Waals surface area contributed by atoms with Crippen molar-refractivity contribution in [2.24, 2.45) is 0 Å². The van der Waals surface area contributed by atoms with Gasteiger partial charge in [0.25, 0.3) is 5.91 Å². The SMILES string of the molecule is CNC(=O)c1csc2c(C(F)(F)F)cc(N3CCC(NC(=O)OCC4COCCN4C)CC3)nc12. The van der Waals surface area contributed by atoms with Crippen LogP contribution in [0.15, 0.2) is 11.4 Å². The van der Waals surface area contributed by atoms with E-state index < -0.39 is 23.7 Å². The number of ether oxygens (including phenoxy) is 2. The average Bonchev–Trinajstić information content (AvgIpc) is 3.26. The number of pyridine rings is 1. The molecule has 1 atom stereocenters. The van der Waals surface area contributed by atoms with E-state index in [1.807, 2.05) is 7.05 Å². The highest BCUT2D eigenvalue weighted by atomic mass is 32.1. The summed E-state index contributed by atoms with van der Waals surface area (Å²) >= 11 is 0.855. The predicted octanol–water partition coefficient (Wildman–Crippen LogP) is 2.70. The number of thiophene rings is 1. The molecule has 2 saturated heterocycles. The number of fused-ring (bicyclic) bond motifs is 1. The van der Waals surface area contributed by atoms with Crippen molar-refractivity contribution in [1.29, 1.82) is 0 Å². The number of alkyl halides is 3. The van der Waals surface area contributed by atoms with Crippen molar-refractivity contribution in [3.63, 3.8) is 0 Å². The minimum atomic E-state index is -4.58. The number of alkyl carbamates (subject to hydrolysis) is 1. The van der Waals surface area contributed by atoms with Crippen molar-refractivity contribution in [1.82, 2.24) is 20.5 Å². The maximum atomic E-state index is 13.8. The fourth-order valence-corrected chi connectivity index (χ4v) is 5.23. The molecule has 13 heteroatoms. The predicted molar refractivity (Wildman–Crippen MR) is 125 cm³/mol. The molecular weight excluding hydrogens is 487 g/mol. The first-order valence-corrected chi connectivity index (χ1v) is 12.2. The first-order valence-electron chi connectivity index (χ1n) is 11.3. The molecular formula is C22H28F3N5O4S. The molecule has 0 radical (unpaired) electrons. The zero-order chi connectivity index (χ0) is 25.2. The van der Waals surface area contributed by atoms with Crippen molar-refractivity contribution in [3.8, 4) is 0 Å². The van der Waals surface area contributed by atoms with Gasteiger partial charge in [0.15, 0.2) is 0 Å². The lowest BCUT2D eigenvalue weighted by atomic mass is 10.0. The summed E-state index contributed by atoms with van der Waals surface area (Å²) in [6.45, 7) is 2.97. The zero-order valence-electron chi connectivity index (χ0n) is 19.5. The first kappa shape index (κ1) is 25.5. The van der Waals surface area contributed by atoms with Gasteiger partial charge in [-0.2, -0.15) is 13.2 Å². The van der Waals surface area contributed by atoms with Gasteiger partial charge in [-0.1, -0.05) is 0 Å². The summed E-state index contributed by atoms with van der Waals surface area (Å²) in [5, 5.41) is 6.68. The molecule has 9 nitrogen and oxygen atoms in total. The monoisotopic (exact) mass is 515 g/mol. The second-order valence-corrected chi connectivity index (χ2v) is 9.53. The number of anilines is 1. The van der Waals surface area contributed by atoms with E-state index in [4.69, 9.17) is 9.47 Å². The van der Waals surface area contributed by atoms with Gasteiger partial charge < -0.3 is 25.0 Å². The lowest BCUT2D eigenvalue weighted by molar-refractivity contribution is -0.136. The Labute approximate surface area is 204 Å². The third kappa shape index (κ3) is 5.78. The summed E-state index contributed by atoms with van der Waals surface area (Å²) in [6.07, 6.45) is -4.06. The summed E-state index contributed by atoms with van der Waals surface area (Å²) < 4.78 is 52.0. The number of hydrogen-bond donors (Lipinski definition) is 2. The minimum absolute atomic E-state index is 0.0111. The number of carbonyl (C=O) groups excluding carboxylic acids is 2. The van der Waals surface area contributed by atoms with Crippen molar-refractivity contribution in [2.75, 3.05) is 58.5 Å². The molecule has 2 aromatic heterocycles. The maximum Gasteiger partial charge on any atom is 0.417 e. The van der Waals surface area contributed by atoms with Gasteiger partial charge in [-0.25, -0.2) is 9.78 Å². The molecule has 4 heterocycles. The van der Waals surface area contributed by atoms with Crippen LogP contribution < -0.4 is 15.5 Å². The number of morpholine rings is 1. The highest BCUT2D eigenvalue weighted by molar-refractivity contribution is 7.17. The van der Waals surface area contributed by atoms with Gasteiger partial charge in [-0.3, -0.25) is 9.69 Å². The summed E-state index contributed by atoms with van der Waals surface area (Å²) in [5.74, 6) is -0.323. The fraction of sp³-hybridized carbons (Fsp3) is 0.591. The Balaban J connectivity index is 1.40. The van der Waals surface area contributed by atoms with E-state index >= 15 is 0 Å². The Bertz CT molecular complexity index is 1070. The van der Waals surface area contributed by atoms with E-state index in [1.54, 1.807) is 4.90 Å². The van der Waals surface area contributed by atoms with Crippen LogP contribution in [0.2, 0.25) is 0 Å². The number of amides is 2. The highest BCUT2D eigenvalue weighted by Crippen LogP contribution is 2.40. The van der Waals surface area contributed by atoms with Crippen LogP contribution in [0.1, 0.15) is 28.8 Å². The number of nitrogens with zero attached hydrogens (tertiary/aromatic N) is 3. The van der Waals surface area contributed by atoms with E-state index in [0.29, 0.717) is 39.1 Å². The van der Waals surface area contributed by atoms with E-state index in [9.17, 15) is 22.8 Å². The van der Waals surface area contributed by atoms with E-state index in [0.717, 1.165) is 23.9 Å². The van der Waals surface area contributed by atoms with Gasteiger partial charge in [-0.05, 0) is 26.0 Å². The third-order valence-electron chi connectivity index (χ3n) is 6.36. The number of aromatic nitrogens is 1. The molecule has 0 bridgehead atoms. The van der Waals surface area contributed by atoms with Crippen molar-refractivity contribution in [2.45, 2.75) is 31.1 Å². The van der Waals surface area contributed by atoms with E-state index in [2.05, 4.69) is 20.5 Å². The molecule has 35 heavy (non-hydrogen) atoms. The number of nitrogens with one attached hydrogen (secondary N) is 2. The molecule has 2 amide bonds. The summed E-state index contributed by atoms with van der Waals surface area (Å²) in [6, 6.07) is 0.890. The zero-order valence-corrected chi connectivity index (χ0v) is 20.3. The van der Waals surface area contributed by atoms with E-state index in [-0.39, 0.29) is 40.3 Å².